The van der Waals surface area contributed by atoms with Crippen molar-refractivity contribution < 1.29 is 5.11 Å². The van der Waals surface area contributed by atoms with Crippen LogP contribution in [0.5, 0.6) is 5.75 Å². The summed E-state index contributed by atoms with van der Waals surface area (Å²) >= 11 is 0. The summed E-state index contributed by atoms with van der Waals surface area (Å²) in [6.45, 7) is 0. The van der Waals surface area contributed by atoms with Crippen LogP contribution in [0, 0.1) is 0 Å². The monoisotopic (exact) mass is 328 g/mol. The summed E-state index contributed by atoms with van der Waals surface area (Å²) in [4.78, 5) is 7.67. The smallest absolute Gasteiger partial charge is 0.222 e. The van der Waals surface area contributed by atoms with Crippen molar-refractivity contribution in [2.45, 2.75) is 0 Å². The number of hydrogen-bond donors (Lipinski definition) is 3. The van der Waals surface area contributed by atoms with E-state index in [-0.39, 0.29) is 5.75 Å². The minimum atomic E-state index is 0.224. The fourth-order valence-electron chi connectivity index (χ4n) is 2.63. The van der Waals surface area contributed by atoms with Crippen molar-refractivity contribution in [2.24, 2.45) is 5.10 Å². The second-order valence-electron chi connectivity index (χ2n) is 5.59. The Labute approximate surface area is 144 Å². The number of hydrogen-bond acceptors (Lipinski definition) is 4. The van der Waals surface area contributed by atoms with E-state index < -0.39 is 0 Å². The van der Waals surface area contributed by atoms with Crippen LogP contribution >= 0.6 is 0 Å². The summed E-state index contributed by atoms with van der Waals surface area (Å²) in [6.07, 6.45) is 0. The lowest BCUT2D eigenvalue weighted by Crippen LogP contribution is -2.06. The number of aromatic amines is 1. The van der Waals surface area contributed by atoms with Gasteiger partial charge in [-0.05, 0) is 36.4 Å². The highest BCUT2D eigenvalue weighted by atomic mass is 16.3. The van der Waals surface area contributed by atoms with Crippen molar-refractivity contribution in [3.8, 4) is 5.75 Å². The molecular weight excluding hydrogens is 312 g/mol. The predicted molar refractivity (Wildman–Crippen MR) is 99.9 cm³/mol. The third kappa shape index (κ3) is 3.21. The lowest BCUT2D eigenvalue weighted by Gasteiger charge is -2.07. The maximum absolute atomic E-state index is 9.53. The molecule has 3 aromatic carbocycles. The number of benzene rings is 3. The van der Waals surface area contributed by atoms with E-state index in [1.54, 1.807) is 12.1 Å². The van der Waals surface area contributed by atoms with Gasteiger partial charge in [0.05, 0.1) is 16.7 Å². The van der Waals surface area contributed by atoms with Gasteiger partial charge in [-0.2, -0.15) is 5.10 Å². The molecule has 0 aliphatic heterocycles. The van der Waals surface area contributed by atoms with Gasteiger partial charge in [0.25, 0.3) is 0 Å². The van der Waals surface area contributed by atoms with Gasteiger partial charge in [-0.15, -0.1) is 0 Å². The Kier molecular flexibility index (Phi) is 3.88. The highest BCUT2D eigenvalue weighted by Gasteiger charge is 2.08. The molecule has 25 heavy (non-hydrogen) atoms. The molecule has 0 saturated carbocycles. The molecular formula is C20H16N4O. The summed E-state index contributed by atoms with van der Waals surface area (Å²) in [5, 5.41) is 14.1. The number of aromatic hydroxyl groups is 1. The number of nitrogens with zero attached hydrogens (tertiary/aromatic N) is 2. The van der Waals surface area contributed by atoms with Crippen LogP contribution in [0.2, 0.25) is 0 Å². The van der Waals surface area contributed by atoms with E-state index >= 15 is 0 Å². The number of phenols is 1. The van der Waals surface area contributed by atoms with Crippen molar-refractivity contribution in [1.82, 2.24) is 9.97 Å². The molecule has 0 spiro atoms. The Hall–Kier alpha value is -3.60. The Morgan fingerprint density at radius 3 is 2.28 bits per heavy atom. The number of nitrogens with one attached hydrogen (secondary N) is 2. The van der Waals surface area contributed by atoms with Crippen molar-refractivity contribution >= 4 is 22.7 Å². The molecule has 122 valence electrons. The van der Waals surface area contributed by atoms with E-state index in [0.29, 0.717) is 5.95 Å². The molecule has 0 aliphatic rings. The van der Waals surface area contributed by atoms with Gasteiger partial charge in [0.15, 0.2) is 0 Å². The van der Waals surface area contributed by atoms with Crippen LogP contribution in [-0.4, -0.2) is 20.8 Å². The van der Waals surface area contributed by atoms with Crippen molar-refractivity contribution in [3.63, 3.8) is 0 Å². The van der Waals surface area contributed by atoms with Crippen LogP contribution in [0.1, 0.15) is 11.1 Å². The highest BCUT2D eigenvalue weighted by Crippen LogP contribution is 2.17. The van der Waals surface area contributed by atoms with Gasteiger partial charge in [0.1, 0.15) is 5.75 Å². The van der Waals surface area contributed by atoms with E-state index in [2.05, 4.69) is 20.5 Å². The zero-order chi connectivity index (χ0) is 17.1. The Bertz CT molecular complexity index is 987. The van der Waals surface area contributed by atoms with Crippen LogP contribution < -0.4 is 5.43 Å². The Morgan fingerprint density at radius 2 is 1.52 bits per heavy atom. The molecule has 3 N–H and O–H groups in total. The van der Waals surface area contributed by atoms with Gasteiger partial charge in [-0.1, -0.05) is 42.5 Å². The maximum Gasteiger partial charge on any atom is 0.222 e. The molecule has 4 rings (SSSR count). The molecule has 0 aliphatic carbocycles. The molecule has 1 aromatic heterocycles. The first-order chi connectivity index (χ1) is 12.3. The summed E-state index contributed by atoms with van der Waals surface area (Å²) in [5.74, 6) is 0.801. The SMILES string of the molecule is Oc1ccc(/C(=N/Nc2nc3ccccc3[nH]2)c2ccccc2)cc1. The number of para-hydroxylation sites is 2. The molecule has 0 unspecified atom stereocenters. The molecule has 4 aromatic rings. The minimum absolute atomic E-state index is 0.224. The number of aromatic nitrogens is 2. The van der Waals surface area contributed by atoms with Gasteiger partial charge >= 0.3 is 0 Å². The summed E-state index contributed by atoms with van der Waals surface area (Å²) in [5.41, 5.74) is 7.47. The average molecular weight is 328 g/mol. The lowest BCUT2D eigenvalue weighted by atomic mass is 10.0. The number of fused-ring (bicyclic) bond motifs is 1. The highest BCUT2D eigenvalue weighted by molar-refractivity contribution is 6.13. The predicted octanol–water partition coefficient (Wildman–Crippen LogP) is 4.13. The van der Waals surface area contributed by atoms with E-state index in [4.69, 9.17) is 0 Å². The third-order valence-corrected chi connectivity index (χ3v) is 3.85. The van der Waals surface area contributed by atoms with Gasteiger partial charge in [-0.3, -0.25) is 0 Å². The maximum atomic E-state index is 9.53. The lowest BCUT2D eigenvalue weighted by molar-refractivity contribution is 0.475. The van der Waals surface area contributed by atoms with Crippen LogP contribution in [0.3, 0.4) is 0 Å². The van der Waals surface area contributed by atoms with Gasteiger partial charge in [0, 0.05) is 11.1 Å². The summed E-state index contributed by atoms with van der Waals surface area (Å²) < 4.78 is 0. The number of rotatable bonds is 4. The normalized spacial score (nSPS) is 11.6. The third-order valence-electron chi connectivity index (χ3n) is 3.85. The molecule has 0 fully saturated rings. The molecule has 0 atom stereocenters. The van der Waals surface area contributed by atoms with Crippen molar-refractivity contribution in [3.05, 3.63) is 90.0 Å². The first kappa shape index (κ1) is 15.0. The van der Waals surface area contributed by atoms with Gasteiger partial charge in [-0.25, -0.2) is 10.4 Å². The van der Waals surface area contributed by atoms with E-state index in [1.165, 1.54) is 0 Å². The molecule has 0 radical (unpaired) electrons. The molecule has 5 nitrogen and oxygen atoms in total. The van der Waals surface area contributed by atoms with Crippen molar-refractivity contribution in [2.75, 3.05) is 5.43 Å². The fraction of sp³-hybridized carbons (Fsp3) is 0. The van der Waals surface area contributed by atoms with Crippen LogP contribution in [0.15, 0.2) is 84.0 Å². The molecule has 5 heteroatoms. The van der Waals surface area contributed by atoms with E-state index in [1.807, 2.05) is 66.7 Å². The first-order valence-electron chi connectivity index (χ1n) is 7.93. The zero-order valence-corrected chi connectivity index (χ0v) is 13.3. The standard InChI is InChI=1S/C20H16N4O/c25-16-12-10-15(11-13-16)19(14-6-2-1-3-7-14)23-24-20-21-17-8-4-5-9-18(17)22-20/h1-13,25H,(H2,21,22,24)/b23-19+. The summed E-state index contributed by atoms with van der Waals surface area (Å²) in [6, 6.07) is 24.7. The van der Waals surface area contributed by atoms with Gasteiger partial charge in [0.2, 0.25) is 5.95 Å². The van der Waals surface area contributed by atoms with Crippen LogP contribution in [0.4, 0.5) is 5.95 Å². The number of hydrazone groups is 1. The molecule has 0 saturated heterocycles. The number of H-pyrrole nitrogens is 1. The van der Waals surface area contributed by atoms with Crippen molar-refractivity contribution in [1.29, 1.82) is 0 Å². The first-order valence-corrected chi connectivity index (χ1v) is 7.93. The molecule has 0 amide bonds. The fourth-order valence-corrected chi connectivity index (χ4v) is 2.63. The molecule has 0 bridgehead atoms. The van der Waals surface area contributed by atoms with Crippen LogP contribution in [0.25, 0.3) is 11.0 Å². The topological polar surface area (TPSA) is 73.3 Å². The number of imidazole rings is 1. The second kappa shape index (κ2) is 6.49. The zero-order valence-electron chi connectivity index (χ0n) is 13.3. The quantitative estimate of drug-likeness (QED) is 0.389. The van der Waals surface area contributed by atoms with Crippen LogP contribution in [-0.2, 0) is 0 Å². The summed E-state index contributed by atoms with van der Waals surface area (Å²) in [7, 11) is 0. The second-order valence-corrected chi connectivity index (χ2v) is 5.59. The van der Waals surface area contributed by atoms with E-state index in [0.717, 1.165) is 27.9 Å². The minimum Gasteiger partial charge on any atom is -0.508 e. The number of phenolic OH excluding ortho intramolecular Hbond substituents is 1. The Balaban J connectivity index is 1.72. The number of anilines is 1. The molecule has 1 heterocycles. The largest absolute Gasteiger partial charge is 0.508 e. The van der Waals surface area contributed by atoms with E-state index in [9.17, 15) is 5.11 Å². The Morgan fingerprint density at radius 1 is 0.840 bits per heavy atom. The van der Waals surface area contributed by atoms with Gasteiger partial charge < -0.3 is 10.1 Å². The average Bonchev–Trinajstić information content (AvgIpc) is 3.07.